The number of benzene rings is 2. The maximum absolute atomic E-state index is 12.3. The van der Waals surface area contributed by atoms with Crippen LogP contribution in [-0.2, 0) is 4.79 Å². The number of amides is 1. The van der Waals surface area contributed by atoms with Crippen molar-refractivity contribution in [3.8, 4) is 0 Å². The average molecular weight is 338 g/mol. The molecule has 1 atom stereocenters. The van der Waals surface area contributed by atoms with Gasteiger partial charge in [0.25, 0.3) is 5.91 Å². The van der Waals surface area contributed by atoms with Crippen LogP contribution < -0.4 is 5.32 Å². The lowest BCUT2D eigenvalue weighted by atomic mass is 9.99. The van der Waals surface area contributed by atoms with Crippen molar-refractivity contribution in [3.63, 3.8) is 0 Å². The number of halogens is 2. The number of rotatable bonds is 4. The second kappa shape index (κ2) is 6.81. The zero-order chi connectivity index (χ0) is 16.3. The van der Waals surface area contributed by atoms with Crippen LogP contribution in [0.2, 0.25) is 10.0 Å². The number of carbonyl (C=O) groups is 2. The first-order valence-electron chi connectivity index (χ1n) is 6.48. The van der Waals surface area contributed by atoms with Gasteiger partial charge in [-0.1, -0.05) is 41.4 Å². The van der Waals surface area contributed by atoms with E-state index >= 15 is 0 Å². The first-order valence-corrected chi connectivity index (χ1v) is 7.24. The maximum atomic E-state index is 12.3. The van der Waals surface area contributed by atoms with E-state index in [1.807, 2.05) is 0 Å². The van der Waals surface area contributed by atoms with Crippen LogP contribution in [0.15, 0.2) is 42.5 Å². The van der Waals surface area contributed by atoms with Gasteiger partial charge in [0.2, 0.25) is 0 Å². The molecule has 0 aliphatic heterocycles. The number of carboxylic acids is 1. The van der Waals surface area contributed by atoms with Gasteiger partial charge in [0.1, 0.15) is 0 Å². The third kappa shape index (κ3) is 3.59. The fourth-order valence-corrected chi connectivity index (χ4v) is 2.39. The summed E-state index contributed by atoms with van der Waals surface area (Å²) in [6.07, 6.45) is 0. The van der Waals surface area contributed by atoms with E-state index in [0.717, 1.165) is 0 Å². The third-order valence-corrected chi connectivity index (χ3v) is 3.85. The van der Waals surface area contributed by atoms with Crippen molar-refractivity contribution in [1.82, 2.24) is 0 Å². The molecule has 2 rings (SSSR count). The van der Waals surface area contributed by atoms with Crippen molar-refractivity contribution in [3.05, 3.63) is 63.6 Å². The fraction of sp³-hybridized carbons (Fsp3) is 0.125. The highest BCUT2D eigenvalue weighted by molar-refractivity contribution is 6.40. The van der Waals surface area contributed by atoms with Crippen molar-refractivity contribution in [2.45, 2.75) is 12.8 Å². The van der Waals surface area contributed by atoms with Crippen molar-refractivity contribution >= 4 is 40.8 Å². The lowest BCUT2D eigenvalue weighted by Gasteiger charge is -2.11. The van der Waals surface area contributed by atoms with Crippen LogP contribution in [0.5, 0.6) is 0 Å². The summed E-state index contributed by atoms with van der Waals surface area (Å²) in [7, 11) is 0. The SMILES string of the molecule is C[C@@H](C(=O)O)c1cccc(C(=O)Nc2c(Cl)cccc2Cl)c1. The van der Waals surface area contributed by atoms with Crippen LogP contribution in [-0.4, -0.2) is 17.0 Å². The van der Waals surface area contributed by atoms with Gasteiger partial charge < -0.3 is 10.4 Å². The number of hydrogen-bond acceptors (Lipinski definition) is 2. The van der Waals surface area contributed by atoms with Gasteiger partial charge in [-0.25, -0.2) is 0 Å². The Morgan fingerprint density at radius 1 is 1.09 bits per heavy atom. The quantitative estimate of drug-likeness (QED) is 0.866. The van der Waals surface area contributed by atoms with E-state index in [1.54, 1.807) is 49.4 Å². The molecular weight excluding hydrogens is 325 g/mol. The molecule has 4 nitrogen and oxygen atoms in total. The molecule has 2 aromatic carbocycles. The maximum Gasteiger partial charge on any atom is 0.310 e. The smallest absolute Gasteiger partial charge is 0.310 e. The zero-order valence-corrected chi connectivity index (χ0v) is 13.2. The molecule has 2 N–H and O–H groups in total. The lowest BCUT2D eigenvalue weighted by Crippen LogP contribution is -2.14. The van der Waals surface area contributed by atoms with Gasteiger partial charge in [-0.15, -0.1) is 0 Å². The molecule has 0 aromatic heterocycles. The Morgan fingerprint density at radius 2 is 1.68 bits per heavy atom. The summed E-state index contributed by atoms with van der Waals surface area (Å²) in [5.74, 6) is -2.06. The van der Waals surface area contributed by atoms with Crippen molar-refractivity contribution in [2.24, 2.45) is 0 Å². The molecule has 2 aromatic rings. The van der Waals surface area contributed by atoms with E-state index in [1.165, 1.54) is 0 Å². The zero-order valence-electron chi connectivity index (χ0n) is 11.6. The second-order valence-corrected chi connectivity index (χ2v) is 5.55. The Morgan fingerprint density at radius 3 is 2.27 bits per heavy atom. The molecule has 114 valence electrons. The fourth-order valence-electron chi connectivity index (χ4n) is 1.89. The number of hydrogen-bond donors (Lipinski definition) is 2. The first-order chi connectivity index (χ1) is 10.4. The van der Waals surface area contributed by atoms with Gasteiger partial charge in [-0.3, -0.25) is 9.59 Å². The van der Waals surface area contributed by atoms with Gasteiger partial charge in [-0.05, 0) is 36.8 Å². The van der Waals surface area contributed by atoms with E-state index in [0.29, 0.717) is 26.9 Å². The summed E-state index contributed by atoms with van der Waals surface area (Å²) >= 11 is 12.0. The highest BCUT2D eigenvalue weighted by atomic mass is 35.5. The lowest BCUT2D eigenvalue weighted by molar-refractivity contribution is -0.138. The minimum absolute atomic E-state index is 0.326. The van der Waals surface area contributed by atoms with Crippen LogP contribution in [0, 0.1) is 0 Å². The van der Waals surface area contributed by atoms with Crippen molar-refractivity contribution in [2.75, 3.05) is 5.32 Å². The standard InChI is InChI=1S/C16H13Cl2NO3/c1-9(16(21)22)10-4-2-5-11(8-10)15(20)19-14-12(17)6-3-7-13(14)18/h2-9H,1H3,(H,19,20)(H,21,22)/t9-/m1/s1. The van der Waals surface area contributed by atoms with Crippen LogP contribution in [0.4, 0.5) is 5.69 Å². The summed E-state index contributed by atoms with van der Waals surface area (Å²) in [6, 6.07) is 11.3. The summed E-state index contributed by atoms with van der Waals surface area (Å²) in [6.45, 7) is 1.56. The molecule has 0 unspecified atom stereocenters. The normalized spacial score (nSPS) is 11.8. The van der Waals surface area contributed by atoms with Gasteiger partial charge in [0.15, 0.2) is 0 Å². The van der Waals surface area contributed by atoms with Gasteiger partial charge in [0, 0.05) is 5.56 Å². The Labute approximate surface area is 137 Å². The molecule has 0 aliphatic rings. The van der Waals surface area contributed by atoms with Crippen LogP contribution >= 0.6 is 23.2 Å². The Hall–Kier alpha value is -2.04. The van der Waals surface area contributed by atoms with Crippen molar-refractivity contribution < 1.29 is 14.7 Å². The topological polar surface area (TPSA) is 66.4 Å². The molecule has 0 bridgehead atoms. The number of anilines is 1. The summed E-state index contributed by atoms with van der Waals surface area (Å²) in [5.41, 5.74) is 1.21. The number of aliphatic carboxylic acids is 1. The molecule has 1 amide bonds. The van der Waals surface area contributed by atoms with Crippen LogP contribution in [0.3, 0.4) is 0 Å². The Kier molecular flexibility index (Phi) is 5.06. The van der Waals surface area contributed by atoms with Crippen LogP contribution in [0.25, 0.3) is 0 Å². The van der Waals surface area contributed by atoms with Crippen molar-refractivity contribution in [1.29, 1.82) is 0 Å². The van der Waals surface area contributed by atoms with E-state index in [9.17, 15) is 9.59 Å². The Balaban J connectivity index is 2.27. The van der Waals surface area contributed by atoms with E-state index in [4.69, 9.17) is 28.3 Å². The molecule has 0 spiro atoms. The molecule has 0 aliphatic carbocycles. The van der Waals surface area contributed by atoms with E-state index in [2.05, 4.69) is 5.32 Å². The number of para-hydroxylation sites is 1. The number of carbonyl (C=O) groups excluding carboxylic acids is 1. The molecule has 0 fully saturated rings. The average Bonchev–Trinajstić information content (AvgIpc) is 2.50. The minimum Gasteiger partial charge on any atom is -0.481 e. The minimum atomic E-state index is -0.952. The predicted molar refractivity (Wildman–Crippen MR) is 86.9 cm³/mol. The summed E-state index contributed by atoms with van der Waals surface area (Å²) < 4.78 is 0. The van der Waals surface area contributed by atoms with Gasteiger partial charge in [0.05, 0.1) is 21.7 Å². The molecule has 0 saturated heterocycles. The third-order valence-electron chi connectivity index (χ3n) is 3.22. The summed E-state index contributed by atoms with van der Waals surface area (Å²) in [4.78, 5) is 23.3. The molecule has 0 radical (unpaired) electrons. The predicted octanol–water partition coefficient (Wildman–Crippen LogP) is 4.43. The molecule has 0 heterocycles. The molecule has 6 heteroatoms. The summed E-state index contributed by atoms with van der Waals surface area (Å²) in [5, 5.41) is 12.3. The largest absolute Gasteiger partial charge is 0.481 e. The molecule has 22 heavy (non-hydrogen) atoms. The number of nitrogens with one attached hydrogen (secondary N) is 1. The highest BCUT2D eigenvalue weighted by Crippen LogP contribution is 2.30. The van der Waals surface area contributed by atoms with E-state index in [-0.39, 0.29) is 0 Å². The monoisotopic (exact) mass is 337 g/mol. The number of carboxylic acid groups (broad SMARTS) is 1. The van der Waals surface area contributed by atoms with Gasteiger partial charge >= 0.3 is 5.97 Å². The molecule has 0 saturated carbocycles. The Bertz CT molecular complexity index is 711. The highest BCUT2D eigenvalue weighted by Gasteiger charge is 2.16. The van der Waals surface area contributed by atoms with E-state index < -0.39 is 17.8 Å². The van der Waals surface area contributed by atoms with Crippen LogP contribution in [0.1, 0.15) is 28.8 Å². The first kappa shape index (κ1) is 16.3. The molecular formula is C16H13Cl2NO3. The second-order valence-electron chi connectivity index (χ2n) is 4.74. The van der Waals surface area contributed by atoms with Gasteiger partial charge in [-0.2, -0.15) is 0 Å².